The van der Waals surface area contributed by atoms with Gasteiger partial charge >= 0.3 is 6.09 Å². The molecule has 0 bridgehead atoms. The molecule has 0 radical (unpaired) electrons. The predicted octanol–water partition coefficient (Wildman–Crippen LogP) is 2.21. The molecule has 3 saturated carbocycles. The summed E-state index contributed by atoms with van der Waals surface area (Å²) in [6, 6.07) is 3.59. The number of halogens is 2. The van der Waals surface area contributed by atoms with Crippen molar-refractivity contribution < 1.29 is 32.3 Å². The topological polar surface area (TPSA) is 180 Å². The van der Waals surface area contributed by atoms with Crippen LogP contribution in [0.4, 0.5) is 4.79 Å². The van der Waals surface area contributed by atoms with E-state index in [9.17, 15) is 27.6 Å². The molecule has 47 heavy (non-hydrogen) atoms. The minimum absolute atomic E-state index is 0.0146. The van der Waals surface area contributed by atoms with E-state index in [0.717, 1.165) is 43.2 Å². The SMILES string of the molecule is NC(=S)N[C@H](C(=O)N1C[C@H](OC(=O)N2Cc3cccc(Cl)c3C2)C[C@H]1C(=O)N[C@]1(C(=O)NS(=O)(=O)C2CC2)C[C@H]1I)C1CCCCC1. The number of hydrogen-bond donors (Lipinski definition) is 4. The highest BCUT2D eigenvalue weighted by atomic mass is 127. The van der Waals surface area contributed by atoms with E-state index in [1.165, 1.54) is 9.80 Å². The molecule has 5 aliphatic rings. The zero-order valence-electron chi connectivity index (χ0n) is 25.6. The quantitative estimate of drug-likeness (QED) is 0.164. The van der Waals surface area contributed by atoms with Crippen LogP contribution >= 0.6 is 46.4 Å². The average molecular weight is 821 g/mol. The molecule has 1 aromatic rings. The van der Waals surface area contributed by atoms with E-state index in [0.29, 0.717) is 24.4 Å². The van der Waals surface area contributed by atoms with Gasteiger partial charge in [-0.1, -0.05) is 65.6 Å². The molecular weight excluding hydrogens is 783 g/mol. The van der Waals surface area contributed by atoms with Crippen LogP contribution in [0.25, 0.3) is 0 Å². The molecule has 1 saturated heterocycles. The van der Waals surface area contributed by atoms with Crippen molar-refractivity contribution in [3.63, 3.8) is 0 Å². The Bertz CT molecular complexity index is 1590. The molecule has 1 aromatic carbocycles. The number of hydrogen-bond acceptors (Lipinski definition) is 8. The van der Waals surface area contributed by atoms with Gasteiger partial charge in [-0.05, 0) is 67.4 Å². The number of ether oxygens (including phenoxy) is 1. The summed E-state index contributed by atoms with van der Waals surface area (Å²) in [6.45, 7) is 0.524. The van der Waals surface area contributed by atoms with Crippen molar-refractivity contribution in [3.8, 4) is 0 Å². The molecular formula is C30H38ClIN6O7S2. The molecule has 4 fully saturated rings. The fraction of sp³-hybridized carbons (Fsp3) is 0.633. The van der Waals surface area contributed by atoms with Crippen LogP contribution in [0.1, 0.15) is 68.9 Å². The van der Waals surface area contributed by atoms with Crippen LogP contribution in [0.5, 0.6) is 0 Å². The van der Waals surface area contributed by atoms with E-state index in [1.54, 1.807) is 6.07 Å². The summed E-state index contributed by atoms with van der Waals surface area (Å²) in [5, 5.41) is 5.64. The fourth-order valence-corrected chi connectivity index (χ4v) is 9.79. The first-order valence-electron chi connectivity index (χ1n) is 15.9. The second-order valence-electron chi connectivity index (χ2n) is 13.2. The molecule has 4 amide bonds. The predicted molar refractivity (Wildman–Crippen MR) is 185 cm³/mol. The number of sulfonamides is 1. The summed E-state index contributed by atoms with van der Waals surface area (Å²) in [5.41, 5.74) is 6.17. The normalized spacial score (nSPS) is 27.8. The van der Waals surface area contributed by atoms with E-state index < -0.39 is 62.8 Å². The third kappa shape index (κ3) is 7.29. The molecule has 0 aromatic heterocycles. The maximum absolute atomic E-state index is 14.3. The van der Waals surface area contributed by atoms with E-state index in [1.807, 2.05) is 34.7 Å². The van der Waals surface area contributed by atoms with Crippen LogP contribution in [-0.2, 0) is 42.2 Å². The van der Waals surface area contributed by atoms with Crippen molar-refractivity contribution in [2.24, 2.45) is 11.7 Å². The van der Waals surface area contributed by atoms with Crippen LogP contribution in [0.2, 0.25) is 5.02 Å². The largest absolute Gasteiger partial charge is 0.444 e. The van der Waals surface area contributed by atoms with Crippen LogP contribution < -0.4 is 21.1 Å². The lowest BCUT2D eigenvalue weighted by atomic mass is 9.83. The van der Waals surface area contributed by atoms with Crippen LogP contribution in [-0.4, -0.2) is 86.6 Å². The lowest BCUT2D eigenvalue weighted by Gasteiger charge is -2.35. The number of carbonyl (C=O) groups is 4. The molecule has 2 heterocycles. The van der Waals surface area contributed by atoms with Crippen molar-refractivity contribution in [3.05, 3.63) is 34.3 Å². The third-order valence-electron chi connectivity index (χ3n) is 9.81. The van der Waals surface area contributed by atoms with Gasteiger partial charge in [0, 0.05) is 21.9 Å². The molecule has 6 rings (SSSR count). The van der Waals surface area contributed by atoms with Gasteiger partial charge in [-0.15, -0.1) is 0 Å². The molecule has 5 N–H and O–H groups in total. The number of fused-ring (bicyclic) bond motifs is 1. The minimum Gasteiger partial charge on any atom is -0.444 e. The molecule has 5 atom stereocenters. The summed E-state index contributed by atoms with van der Waals surface area (Å²) in [4.78, 5) is 57.7. The Balaban J connectivity index is 1.21. The number of rotatable bonds is 9. The summed E-state index contributed by atoms with van der Waals surface area (Å²) in [6.07, 6.45) is 4.25. The molecule has 0 unspecified atom stereocenters. The maximum Gasteiger partial charge on any atom is 0.410 e. The Labute approximate surface area is 297 Å². The Morgan fingerprint density at radius 1 is 1.11 bits per heavy atom. The first kappa shape index (κ1) is 34.4. The smallest absolute Gasteiger partial charge is 0.410 e. The van der Waals surface area contributed by atoms with Gasteiger partial charge in [0.1, 0.15) is 23.7 Å². The Morgan fingerprint density at radius 3 is 2.43 bits per heavy atom. The van der Waals surface area contributed by atoms with Gasteiger partial charge in [-0.2, -0.15) is 0 Å². The second-order valence-corrected chi connectivity index (χ2v) is 17.5. The molecule has 13 nitrogen and oxygen atoms in total. The summed E-state index contributed by atoms with van der Waals surface area (Å²) >= 11 is 13.5. The second kappa shape index (κ2) is 13.5. The lowest BCUT2D eigenvalue weighted by molar-refractivity contribution is -0.142. The van der Waals surface area contributed by atoms with E-state index in [2.05, 4.69) is 15.4 Å². The zero-order valence-corrected chi connectivity index (χ0v) is 30.1. The number of alkyl halides is 1. The van der Waals surface area contributed by atoms with Crippen LogP contribution in [0.15, 0.2) is 18.2 Å². The van der Waals surface area contributed by atoms with Crippen molar-refractivity contribution in [1.82, 2.24) is 25.2 Å². The minimum atomic E-state index is -3.84. The Morgan fingerprint density at radius 2 is 1.81 bits per heavy atom. The number of nitrogens with zero attached hydrogens (tertiary/aromatic N) is 2. The molecule has 256 valence electrons. The number of amides is 4. The van der Waals surface area contributed by atoms with Gasteiger partial charge in [0.2, 0.25) is 21.8 Å². The molecule has 17 heteroatoms. The number of nitrogens with two attached hydrogens (primary N) is 1. The average Bonchev–Trinajstić information content (AvgIpc) is 3.89. The number of benzene rings is 1. The van der Waals surface area contributed by atoms with E-state index in [4.69, 9.17) is 34.3 Å². The van der Waals surface area contributed by atoms with Crippen molar-refractivity contribution >= 4 is 85.4 Å². The number of thiocarbonyl (C=S) groups is 1. The fourth-order valence-electron chi connectivity index (χ4n) is 6.91. The highest BCUT2D eigenvalue weighted by molar-refractivity contribution is 14.1. The number of carbonyl (C=O) groups excluding carboxylic acids is 4. The van der Waals surface area contributed by atoms with Gasteiger partial charge in [-0.25, -0.2) is 13.2 Å². The highest BCUT2D eigenvalue weighted by Crippen LogP contribution is 2.44. The lowest BCUT2D eigenvalue weighted by Crippen LogP contribution is -2.59. The summed E-state index contributed by atoms with van der Waals surface area (Å²) in [7, 11) is -3.84. The first-order chi connectivity index (χ1) is 22.3. The third-order valence-corrected chi connectivity index (χ3v) is 13.6. The van der Waals surface area contributed by atoms with Crippen LogP contribution in [0, 0.1) is 5.92 Å². The summed E-state index contributed by atoms with van der Waals surface area (Å²) < 4.78 is 32.8. The van der Waals surface area contributed by atoms with Gasteiger partial charge in [0.25, 0.3) is 5.91 Å². The first-order valence-corrected chi connectivity index (χ1v) is 19.5. The van der Waals surface area contributed by atoms with Gasteiger partial charge in [-0.3, -0.25) is 24.0 Å². The van der Waals surface area contributed by atoms with Crippen LogP contribution in [0.3, 0.4) is 0 Å². The standard InChI is InChI=1S/C30H38ClIN6O7S2/c31-21-8-4-7-17-13-37(15-20(17)21)29(42)45-18-11-22(38(14-18)26(40)24(34-28(33)46)16-5-2-1-3-6-16)25(39)35-30(12-23(30)32)27(41)36-47(43,44)19-9-10-19/h4,7-8,16,18-19,22-24H,1-3,5-6,9-15H2,(H,35,39)(H,36,41)(H3,33,34,46)/t18-,22+,23-,24+,30-/m1/s1. The Hall–Kier alpha value is -2.44. The van der Waals surface area contributed by atoms with E-state index in [-0.39, 0.29) is 40.9 Å². The number of nitrogens with one attached hydrogen (secondary N) is 3. The van der Waals surface area contributed by atoms with Crippen molar-refractivity contribution in [1.29, 1.82) is 0 Å². The highest BCUT2D eigenvalue weighted by Gasteiger charge is 2.62. The van der Waals surface area contributed by atoms with Gasteiger partial charge in [0.15, 0.2) is 5.11 Å². The monoisotopic (exact) mass is 820 g/mol. The maximum atomic E-state index is 14.3. The molecule has 0 spiro atoms. The Kier molecular flexibility index (Phi) is 9.86. The summed E-state index contributed by atoms with van der Waals surface area (Å²) in [5.74, 6) is -1.89. The van der Waals surface area contributed by atoms with Gasteiger partial charge in [0.05, 0.1) is 18.3 Å². The molecule has 2 aliphatic heterocycles. The number of likely N-dealkylation sites (tertiary alicyclic amines) is 1. The van der Waals surface area contributed by atoms with Crippen molar-refractivity contribution in [2.45, 2.75) is 104 Å². The zero-order chi connectivity index (χ0) is 33.7. The molecule has 3 aliphatic carbocycles. The van der Waals surface area contributed by atoms with E-state index >= 15 is 0 Å². The van der Waals surface area contributed by atoms with Gasteiger partial charge < -0.3 is 26.0 Å². The van der Waals surface area contributed by atoms with Crippen molar-refractivity contribution in [2.75, 3.05) is 6.54 Å².